The van der Waals surface area contributed by atoms with Crippen LogP contribution in [0.15, 0.2) is 47.6 Å². The molecular weight excluding hydrogens is 450 g/mol. The van der Waals surface area contributed by atoms with Crippen molar-refractivity contribution in [3.63, 3.8) is 0 Å². The summed E-state index contributed by atoms with van der Waals surface area (Å²) in [5.41, 5.74) is 4.89. The van der Waals surface area contributed by atoms with Crippen molar-refractivity contribution in [2.75, 3.05) is 25.0 Å². The van der Waals surface area contributed by atoms with Crippen LogP contribution in [-0.2, 0) is 11.2 Å². The monoisotopic (exact) mass is 473 g/mol. The number of ether oxygens (including phenoxy) is 2. The van der Waals surface area contributed by atoms with Crippen LogP contribution in [0.4, 0.5) is 5.69 Å². The Morgan fingerprint density at radius 1 is 1.19 bits per heavy atom. The molecule has 3 aromatic rings. The number of methoxy groups -OCH3 is 2. The van der Waals surface area contributed by atoms with E-state index in [4.69, 9.17) is 21.1 Å². The van der Waals surface area contributed by atoms with Crippen molar-refractivity contribution < 1.29 is 14.3 Å². The highest BCUT2D eigenvalue weighted by atomic mass is 35.5. The maximum Gasteiger partial charge on any atom is 0.240 e. The van der Waals surface area contributed by atoms with Gasteiger partial charge < -0.3 is 20.2 Å². The molecule has 1 amide bonds. The molecule has 2 atom stereocenters. The van der Waals surface area contributed by atoms with Crippen LogP contribution in [0.3, 0.4) is 0 Å². The minimum atomic E-state index is -0.532. The second kappa shape index (κ2) is 9.70. The minimum absolute atomic E-state index is 0.185. The Kier molecular flexibility index (Phi) is 6.76. The molecule has 0 aliphatic carbocycles. The fourth-order valence-corrected chi connectivity index (χ4v) is 4.93. The number of fused-ring (bicyclic) bond motifs is 1. The van der Waals surface area contributed by atoms with Gasteiger partial charge in [0.2, 0.25) is 11.1 Å². The maximum atomic E-state index is 13.4. The molecule has 8 nitrogen and oxygen atoms in total. The highest BCUT2D eigenvalue weighted by Crippen LogP contribution is 2.40. The van der Waals surface area contributed by atoms with Crippen LogP contribution in [0.1, 0.15) is 30.8 Å². The van der Waals surface area contributed by atoms with E-state index in [-0.39, 0.29) is 11.9 Å². The molecule has 168 valence electrons. The van der Waals surface area contributed by atoms with Crippen molar-refractivity contribution >= 4 is 35.0 Å². The van der Waals surface area contributed by atoms with Gasteiger partial charge in [0.15, 0.2) is 5.82 Å². The van der Waals surface area contributed by atoms with E-state index >= 15 is 0 Å². The van der Waals surface area contributed by atoms with Gasteiger partial charge in [-0.3, -0.25) is 4.79 Å². The zero-order valence-corrected chi connectivity index (χ0v) is 19.5. The lowest BCUT2D eigenvalue weighted by Crippen LogP contribution is -2.41. The number of nitrogens with one attached hydrogen (secondary N) is 2. The fourth-order valence-electron chi connectivity index (χ4n) is 3.56. The van der Waals surface area contributed by atoms with Gasteiger partial charge in [-0.25, -0.2) is 4.68 Å². The molecule has 2 aromatic carbocycles. The Morgan fingerprint density at radius 3 is 2.69 bits per heavy atom. The van der Waals surface area contributed by atoms with Crippen LogP contribution in [0.2, 0.25) is 5.02 Å². The number of rotatable bonds is 7. The van der Waals surface area contributed by atoms with Crippen LogP contribution >= 0.6 is 23.4 Å². The third kappa shape index (κ3) is 4.35. The number of para-hydroxylation sites is 2. The van der Waals surface area contributed by atoms with Crippen molar-refractivity contribution in [2.45, 2.75) is 36.2 Å². The smallest absolute Gasteiger partial charge is 0.240 e. The predicted octanol–water partition coefficient (Wildman–Crippen LogP) is 4.30. The first kappa shape index (κ1) is 22.3. The van der Waals surface area contributed by atoms with E-state index in [9.17, 15) is 4.79 Å². The predicted molar refractivity (Wildman–Crippen MR) is 125 cm³/mol. The molecule has 0 fully saturated rings. The van der Waals surface area contributed by atoms with E-state index in [0.717, 1.165) is 24.2 Å². The van der Waals surface area contributed by atoms with Gasteiger partial charge in [-0.1, -0.05) is 48.5 Å². The van der Waals surface area contributed by atoms with Gasteiger partial charge in [0.05, 0.1) is 31.0 Å². The molecule has 2 unspecified atom stereocenters. The Hall–Kier alpha value is -2.91. The second-order valence-corrected chi connectivity index (χ2v) is 8.73. The van der Waals surface area contributed by atoms with Gasteiger partial charge in [0.25, 0.3) is 0 Å². The highest BCUT2D eigenvalue weighted by molar-refractivity contribution is 8.00. The van der Waals surface area contributed by atoms with Crippen LogP contribution in [0.25, 0.3) is 0 Å². The number of hydrogen-bond donors (Lipinski definition) is 2. The number of halogens is 1. The number of aryl methyl sites for hydroxylation is 1. The molecule has 2 N–H and O–H groups in total. The van der Waals surface area contributed by atoms with E-state index < -0.39 is 5.25 Å². The number of amides is 1. The van der Waals surface area contributed by atoms with E-state index in [0.29, 0.717) is 27.4 Å². The summed E-state index contributed by atoms with van der Waals surface area (Å²) in [6.45, 7) is 2.09. The number of thioether (sulfide) groups is 1. The third-order valence-electron chi connectivity index (χ3n) is 5.14. The molecule has 1 aromatic heterocycles. The quantitative estimate of drug-likeness (QED) is 0.528. The fraction of sp³-hybridized carbons (Fsp3) is 0.318. The van der Waals surface area contributed by atoms with Crippen molar-refractivity contribution in [1.29, 1.82) is 0 Å². The summed E-state index contributed by atoms with van der Waals surface area (Å²) >= 11 is 7.76. The van der Waals surface area contributed by atoms with Crippen LogP contribution in [0, 0.1) is 0 Å². The lowest BCUT2D eigenvalue weighted by molar-refractivity contribution is -0.116. The number of nitrogens with zero attached hydrogens (tertiary/aromatic N) is 3. The first-order valence-electron chi connectivity index (χ1n) is 10.2. The SMILES string of the molecule is CCCc1nnc2n1NC(c1ccc(OC)c(Cl)c1)C(C(=O)Nc1ccccc1OC)S2. The van der Waals surface area contributed by atoms with Gasteiger partial charge in [-0.05, 0) is 36.2 Å². The first-order chi connectivity index (χ1) is 15.5. The number of hydrogen-bond acceptors (Lipinski definition) is 7. The molecular formula is C22H24ClN5O3S. The lowest BCUT2D eigenvalue weighted by Gasteiger charge is -2.33. The van der Waals surface area contributed by atoms with Crippen LogP contribution in [-0.4, -0.2) is 40.3 Å². The van der Waals surface area contributed by atoms with Gasteiger partial charge >= 0.3 is 0 Å². The summed E-state index contributed by atoms with van der Waals surface area (Å²) in [6.07, 6.45) is 1.70. The van der Waals surface area contributed by atoms with E-state index in [1.165, 1.54) is 11.8 Å². The summed E-state index contributed by atoms with van der Waals surface area (Å²) in [4.78, 5) is 13.4. The molecule has 10 heteroatoms. The van der Waals surface area contributed by atoms with E-state index in [1.54, 1.807) is 32.4 Å². The summed E-state index contributed by atoms with van der Waals surface area (Å²) < 4.78 is 12.5. The average molecular weight is 474 g/mol. The molecule has 0 radical (unpaired) electrons. The number of benzene rings is 2. The number of anilines is 1. The average Bonchev–Trinajstić information content (AvgIpc) is 3.20. The Labute approximate surface area is 195 Å². The van der Waals surface area contributed by atoms with Crippen LogP contribution < -0.4 is 20.2 Å². The number of carbonyl (C=O) groups excluding carboxylic acids is 1. The summed E-state index contributed by atoms with van der Waals surface area (Å²) in [5.74, 6) is 1.80. The van der Waals surface area contributed by atoms with Crippen molar-refractivity contribution in [2.24, 2.45) is 0 Å². The molecule has 0 spiro atoms. The minimum Gasteiger partial charge on any atom is -0.495 e. The molecule has 4 rings (SSSR count). The van der Waals surface area contributed by atoms with Gasteiger partial charge in [-0.15, -0.1) is 10.2 Å². The van der Waals surface area contributed by atoms with Gasteiger partial charge in [0, 0.05) is 6.42 Å². The highest BCUT2D eigenvalue weighted by Gasteiger charge is 2.38. The molecule has 0 bridgehead atoms. The molecule has 1 aliphatic rings. The Bertz CT molecular complexity index is 1120. The third-order valence-corrected chi connectivity index (χ3v) is 6.65. The summed E-state index contributed by atoms with van der Waals surface area (Å²) in [7, 11) is 3.14. The zero-order valence-electron chi connectivity index (χ0n) is 18.0. The van der Waals surface area contributed by atoms with Crippen LogP contribution in [0.5, 0.6) is 11.5 Å². The normalized spacial score (nSPS) is 17.2. The molecule has 0 saturated carbocycles. The summed E-state index contributed by atoms with van der Waals surface area (Å²) in [6, 6.07) is 12.4. The first-order valence-corrected chi connectivity index (χ1v) is 11.5. The Morgan fingerprint density at radius 2 is 1.97 bits per heavy atom. The number of carbonyl (C=O) groups is 1. The lowest BCUT2D eigenvalue weighted by atomic mass is 10.0. The van der Waals surface area contributed by atoms with Crippen molar-refractivity contribution in [3.8, 4) is 11.5 Å². The molecule has 32 heavy (non-hydrogen) atoms. The largest absolute Gasteiger partial charge is 0.495 e. The van der Waals surface area contributed by atoms with Gasteiger partial charge in [0.1, 0.15) is 16.7 Å². The zero-order chi connectivity index (χ0) is 22.7. The van der Waals surface area contributed by atoms with E-state index in [2.05, 4.69) is 27.9 Å². The maximum absolute atomic E-state index is 13.4. The second-order valence-electron chi connectivity index (χ2n) is 7.21. The standard InChI is InChI=1S/C22H24ClN5O3S/c1-4-7-18-25-26-22-28(18)27-19(13-10-11-16(30-2)14(23)12-13)20(32-22)21(29)24-15-8-5-6-9-17(15)31-3/h5-6,8-12,19-20,27H,4,7H2,1-3H3,(H,24,29). The molecule has 2 heterocycles. The van der Waals surface area contributed by atoms with Crippen molar-refractivity contribution in [1.82, 2.24) is 14.9 Å². The molecule has 1 aliphatic heterocycles. The topological polar surface area (TPSA) is 90.3 Å². The Balaban J connectivity index is 1.70. The molecule has 0 saturated heterocycles. The number of aromatic nitrogens is 3. The van der Waals surface area contributed by atoms with Gasteiger partial charge in [-0.2, -0.15) is 0 Å². The van der Waals surface area contributed by atoms with E-state index in [1.807, 2.05) is 28.9 Å². The van der Waals surface area contributed by atoms with Crippen molar-refractivity contribution in [3.05, 3.63) is 58.9 Å². The summed E-state index contributed by atoms with van der Waals surface area (Å²) in [5, 5.41) is 12.2.